The van der Waals surface area contributed by atoms with Crippen LogP contribution >= 0.6 is 0 Å². The van der Waals surface area contributed by atoms with Crippen molar-refractivity contribution in [3.05, 3.63) is 108 Å². The molecule has 24 heteroatoms. The molecule has 1 N–H and O–H groups in total. The van der Waals surface area contributed by atoms with Crippen LogP contribution in [0, 0.1) is 0 Å². The van der Waals surface area contributed by atoms with Crippen molar-refractivity contribution in [3.8, 4) is 23.0 Å². The lowest BCUT2D eigenvalue weighted by Gasteiger charge is -2.23. The van der Waals surface area contributed by atoms with Crippen LogP contribution in [0.5, 0.6) is 11.5 Å². The summed E-state index contributed by atoms with van der Waals surface area (Å²) in [6.07, 6.45) is -2.00. The summed E-state index contributed by atoms with van der Waals surface area (Å²) in [6.45, 7) is -1.06. The third kappa shape index (κ3) is 12.3. The van der Waals surface area contributed by atoms with E-state index in [2.05, 4.69) is 24.6 Å². The lowest BCUT2D eigenvalue weighted by Crippen LogP contribution is -2.39. The first-order chi connectivity index (χ1) is 27.5. The Hall–Kier alpha value is -6.30. The van der Waals surface area contributed by atoms with E-state index in [1.54, 1.807) is 24.3 Å². The van der Waals surface area contributed by atoms with Gasteiger partial charge < -0.3 is 19.2 Å². The molecule has 0 aliphatic rings. The second kappa shape index (κ2) is 18.5. The van der Waals surface area contributed by atoms with Gasteiger partial charge in [-0.3, -0.25) is 28.2 Å². The number of benzene rings is 2. The Kier molecular flexibility index (Phi) is 14.3. The highest BCUT2D eigenvalue weighted by Crippen LogP contribution is 2.33. The highest BCUT2D eigenvalue weighted by atomic mass is 32.2. The zero-order valence-electron chi connectivity index (χ0n) is 31.1. The van der Waals surface area contributed by atoms with Gasteiger partial charge in [0.1, 0.15) is 11.5 Å². The van der Waals surface area contributed by atoms with Crippen LogP contribution in [-0.4, -0.2) is 88.1 Å². The van der Waals surface area contributed by atoms with Crippen LogP contribution in [0.1, 0.15) is 27.4 Å². The molecule has 5 rings (SSSR count). The minimum Gasteiger partial charge on any atom is -0.496 e. The van der Waals surface area contributed by atoms with Gasteiger partial charge in [-0.05, 0) is 42.5 Å². The summed E-state index contributed by atoms with van der Waals surface area (Å²) in [5, 5.41) is 7.88. The number of nitrogens with zero attached hydrogens (tertiary/aromatic N) is 6. The Bertz CT molecular complexity index is 2470. The molecule has 0 saturated heterocycles. The average Bonchev–Trinajstić information content (AvgIpc) is 3.69. The number of hydrogen-bond donors (Lipinski definition) is 1. The van der Waals surface area contributed by atoms with Crippen molar-refractivity contribution in [2.75, 3.05) is 41.9 Å². The minimum absolute atomic E-state index is 0.00893. The van der Waals surface area contributed by atoms with Gasteiger partial charge in [0.25, 0.3) is 0 Å². The maximum atomic E-state index is 12.7. The Balaban J connectivity index is 0.000000261. The SMILES string of the molecule is COc1cc(-c2nnc(C(F)(F)F)o2)ccc1CN(c1cccnc1)S(C)(=O)=O.COc1cc(C(=O)CNC(=O)C(F)(F)F)ccc1CN(c1cccnc1)S(C)(=O)=O. The first-order valence-electron chi connectivity index (χ1n) is 16.4. The molecule has 316 valence electrons. The van der Waals surface area contributed by atoms with Crippen LogP contribution in [0.15, 0.2) is 89.9 Å². The van der Waals surface area contributed by atoms with Gasteiger partial charge in [0, 0.05) is 34.6 Å². The van der Waals surface area contributed by atoms with E-state index in [1.165, 1.54) is 80.7 Å². The fourth-order valence-corrected chi connectivity index (χ4v) is 6.72. The molecule has 5 aromatic rings. The topological polar surface area (TPSA) is 204 Å². The van der Waals surface area contributed by atoms with Crippen LogP contribution in [0.25, 0.3) is 11.5 Å². The number of rotatable bonds is 14. The number of Topliss-reactive ketones (excluding diaryl/α,β-unsaturated/α-hetero) is 1. The molecule has 2 aromatic carbocycles. The van der Waals surface area contributed by atoms with E-state index < -0.39 is 56.5 Å². The van der Waals surface area contributed by atoms with E-state index in [0.717, 1.165) is 21.1 Å². The Morgan fingerprint density at radius 3 is 1.68 bits per heavy atom. The van der Waals surface area contributed by atoms with Gasteiger partial charge in [-0.15, -0.1) is 10.2 Å². The lowest BCUT2D eigenvalue weighted by molar-refractivity contribution is -0.173. The van der Waals surface area contributed by atoms with Gasteiger partial charge in [-0.2, -0.15) is 26.3 Å². The van der Waals surface area contributed by atoms with Gasteiger partial charge in [0.05, 0.1) is 70.1 Å². The van der Waals surface area contributed by atoms with E-state index >= 15 is 0 Å². The van der Waals surface area contributed by atoms with E-state index in [0.29, 0.717) is 22.5 Å². The van der Waals surface area contributed by atoms with Crippen molar-refractivity contribution in [1.29, 1.82) is 0 Å². The van der Waals surface area contributed by atoms with Crippen LogP contribution in [-0.2, 0) is 44.1 Å². The van der Waals surface area contributed by atoms with Gasteiger partial charge >= 0.3 is 24.2 Å². The normalized spacial score (nSPS) is 11.8. The number of anilines is 2. The molecular weight excluding hydrogens is 841 g/mol. The maximum absolute atomic E-state index is 12.7. The number of ketones is 1. The number of amides is 1. The molecule has 0 spiro atoms. The third-order valence-corrected chi connectivity index (χ3v) is 10.1. The predicted molar refractivity (Wildman–Crippen MR) is 198 cm³/mol. The Morgan fingerprint density at radius 2 is 1.25 bits per heavy atom. The number of halogens is 6. The average molecular weight is 874 g/mol. The van der Waals surface area contributed by atoms with Crippen molar-refractivity contribution in [3.63, 3.8) is 0 Å². The number of nitrogens with one attached hydrogen (secondary N) is 1. The standard InChI is InChI=1S/C18H18F3N3O5S.C17H15F3N4O4S/c1-29-16-8-12(15(25)10-23-17(26)18(19,20)21)5-6-13(16)11-24(30(2,27)28)14-4-3-7-22-9-14;1-27-14-8-11(15-22-23-16(28-15)17(18,19)20)5-6-12(14)10-24(29(2,25)26)13-4-3-7-21-9-13/h3-9H,10-11H2,1-2H3,(H,23,26);3-9H,10H2,1-2H3. The van der Waals surface area contributed by atoms with Crippen LogP contribution in [0.4, 0.5) is 37.7 Å². The molecule has 3 aromatic heterocycles. The lowest BCUT2D eigenvalue weighted by atomic mass is 10.1. The van der Waals surface area contributed by atoms with Gasteiger partial charge in [0.2, 0.25) is 25.9 Å². The smallest absolute Gasteiger partial charge is 0.471 e. The van der Waals surface area contributed by atoms with Crippen molar-refractivity contribution >= 4 is 43.1 Å². The van der Waals surface area contributed by atoms with E-state index in [9.17, 15) is 52.8 Å². The predicted octanol–water partition coefficient (Wildman–Crippen LogP) is 5.04. The minimum atomic E-state index is -5.09. The number of alkyl halides is 6. The molecule has 0 atom stereocenters. The van der Waals surface area contributed by atoms with E-state index in [1.807, 2.05) is 0 Å². The van der Waals surface area contributed by atoms with Crippen molar-refractivity contribution in [2.24, 2.45) is 0 Å². The molecule has 0 bridgehead atoms. The summed E-state index contributed by atoms with van der Waals surface area (Å²) in [7, 11) is -4.67. The first kappa shape index (κ1) is 45.4. The first-order valence-corrected chi connectivity index (χ1v) is 20.1. The monoisotopic (exact) mass is 873 g/mol. The zero-order valence-corrected chi connectivity index (χ0v) is 32.8. The Morgan fingerprint density at radius 1 is 0.746 bits per heavy atom. The number of ether oxygens (including phenoxy) is 2. The van der Waals surface area contributed by atoms with E-state index in [4.69, 9.17) is 9.47 Å². The summed E-state index contributed by atoms with van der Waals surface area (Å²) in [6, 6.07) is 14.7. The molecule has 1 amide bonds. The quantitative estimate of drug-likeness (QED) is 0.115. The number of hydrogen-bond acceptors (Lipinski definition) is 13. The molecule has 0 fully saturated rings. The number of pyridine rings is 2. The van der Waals surface area contributed by atoms with Gasteiger partial charge in [-0.25, -0.2) is 16.8 Å². The number of methoxy groups -OCH3 is 2. The summed E-state index contributed by atoms with van der Waals surface area (Å²) in [5.74, 6) is -4.40. The van der Waals surface area contributed by atoms with Crippen molar-refractivity contribution in [1.82, 2.24) is 25.5 Å². The molecule has 0 saturated carbocycles. The van der Waals surface area contributed by atoms with Crippen molar-refractivity contribution < 1.29 is 66.7 Å². The maximum Gasteiger partial charge on any atom is 0.471 e. The van der Waals surface area contributed by atoms with Crippen LogP contribution in [0.2, 0.25) is 0 Å². The van der Waals surface area contributed by atoms with Gasteiger partial charge in [0.15, 0.2) is 5.78 Å². The summed E-state index contributed by atoms with van der Waals surface area (Å²) in [5.41, 5.74) is 1.74. The van der Waals surface area contributed by atoms with Crippen molar-refractivity contribution in [2.45, 2.75) is 25.4 Å². The number of sulfonamides is 2. The molecule has 0 aliphatic heterocycles. The summed E-state index contributed by atoms with van der Waals surface area (Å²) in [4.78, 5) is 30.8. The fraction of sp³-hybridized carbons (Fsp3) is 0.257. The molecule has 59 heavy (non-hydrogen) atoms. The number of carbonyl (C=O) groups excluding carboxylic acids is 2. The highest BCUT2D eigenvalue weighted by molar-refractivity contribution is 7.92. The third-order valence-electron chi connectivity index (χ3n) is 7.77. The molecule has 0 unspecified atom stereocenters. The van der Waals surface area contributed by atoms with Gasteiger partial charge in [-0.1, -0.05) is 18.2 Å². The molecular formula is C35H33F6N7O9S2. The molecule has 3 heterocycles. The summed E-state index contributed by atoms with van der Waals surface area (Å²) < 4.78 is 141. The second-order valence-corrected chi connectivity index (χ2v) is 15.8. The zero-order chi connectivity index (χ0) is 43.8. The Labute approximate surface area is 332 Å². The van der Waals surface area contributed by atoms with E-state index in [-0.39, 0.29) is 41.6 Å². The number of aromatic nitrogens is 4. The van der Waals surface area contributed by atoms with Crippen LogP contribution in [0.3, 0.4) is 0 Å². The highest BCUT2D eigenvalue weighted by Gasteiger charge is 2.39. The number of carbonyl (C=O) groups is 2. The largest absolute Gasteiger partial charge is 0.496 e. The second-order valence-electron chi connectivity index (χ2n) is 12.0. The fourth-order valence-electron chi connectivity index (χ4n) is 4.99. The molecule has 16 nitrogen and oxygen atoms in total. The summed E-state index contributed by atoms with van der Waals surface area (Å²) >= 11 is 0. The van der Waals surface area contributed by atoms with Crippen LogP contribution < -0.4 is 23.4 Å². The molecule has 0 radical (unpaired) electrons. The molecule has 0 aliphatic carbocycles.